The van der Waals surface area contributed by atoms with Crippen molar-refractivity contribution >= 4 is 5.91 Å². The number of benzene rings is 1. The Balaban J connectivity index is 1.95. The Morgan fingerprint density at radius 1 is 1.44 bits per heavy atom. The van der Waals surface area contributed by atoms with Crippen LogP contribution in [0.1, 0.15) is 24.4 Å². The van der Waals surface area contributed by atoms with Gasteiger partial charge in [-0.05, 0) is 18.4 Å². The van der Waals surface area contributed by atoms with Crippen LogP contribution >= 0.6 is 0 Å². The first-order valence-electron chi connectivity index (χ1n) is 6.35. The third-order valence-electron chi connectivity index (χ3n) is 3.23. The van der Waals surface area contributed by atoms with Crippen LogP contribution in [0.5, 0.6) is 0 Å². The average molecular weight is 249 g/mol. The number of aliphatic hydroxyl groups is 1. The zero-order chi connectivity index (χ0) is 12.8. The molecule has 1 aliphatic heterocycles. The first kappa shape index (κ1) is 13.1. The Hall–Kier alpha value is -1.39. The third kappa shape index (κ3) is 3.31. The molecule has 1 heterocycles. The second-order valence-corrected chi connectivity index (χ2v) is 4.57. The largest absolute Gasteiger partial charge is 0.394 e. The number of hydrogen-bond donors (Lipinski definition) is 2. The van der Waals surface area contributed by atoms with Crippen molar-refractivity contribution in [2.24, 2.45) is 5.92 Å². The molecule has 0 bridgehead atoms. The quantitative estimate of drug-likeness (QED) is 0.844. The molecule has 1 aliphatic rings. The Morgan fingerprint density at radius 3 is 2.83 bits per heavy atom. The first-order valence-corrected chi connectivity index (χ1v) is 6.35. The van der Waals surface area contributed by atoms with E-state index in [1.165, 1.54) is 0 Å². The number of nitrogens with one attached hydrogen (secondary N) is 1. The normalized spacial score (nSPS) is 21.3. The molecule has 0 radical (unpaired) electrons. The van der Waals surface area contributed by atoms with Crippen LogP contribution in [0.4, 0.5) is 0 Å². The van der Waals surface area contributed by atoms with Gasteiger partial charge in [0.05, 0.1) is 25.2 Å². The monoisotopic (exact) mass is 249 g/mol. The molecule has 1 aromatic carbocycles. The summed E-state index contributed by atoms with van der Waals surface area (Å²) < 4.78 is 5.30. The number of amides is 1. The van der Waals surface area contributed by atoms with Crippen molar-refractivity contribution in [3.63, 3.8) is 0 Å². The van der Waals surface area contributed by atoms with Crippen LogP contribution < -0.4 is 5.32 Å². The summed E-state index contributed by atoms with van der Waals surface area (Å²) in [5.74, 6) is -0.117. The molecule has 0 spiro atoms. The number of carbonyl (C=O) groups excluding carboxylic acids is 1. The van der Waals surface area contributed by atoms with E-state index in [1.54, 1.807) is 0 Å². The highest BCUT2D eigenvalue weighted by atomic mass is 16.5. The van der Waals surface area contributed by atoms with Gasteiger partial charge in [0.2, 0.25) is 5.91 Å². The van der Waals surface area contributed by atoms with Gasteiger partial charge >= 0.3 is 0 Å². The van der Waals surface area contributed by atoms with Crippen molar-refractivity contribution in [3.05, 3.63) is 35.9 Å². The summed E-state index contributed by atoms with van der Waals surface area (Å²) in [4.78, 5) is 12.0. The molecule has 1 fully saturated rings. The zero-order valence-electron chi connectivity index (χ0n) is 10.3. The number of carbonyl (C=O) groups is 1. The Labute approximate surface area is 107 Å². The van der Waals surface area contributed by atoms with Gasteiger partial charge in [-0.2, -0.15) is 0 Å². The molecular weight excluding hydrogens is 230 g/mol. The van der Waals surface area contributed by atoms with Crippen LogP contribution in [-0.2, 0) is 9.53 Å². The first-order chi connectivity index (χ1) is 8.81. The molecule has 0 aromatic heterocycles. The highest BCUT2D eigenvalue weighted by Gasteiger charge is 2.24. The Kier molecular flexibility index (Phi) is 4.73. The SMILES string of the molecule is O=C(N[C@H](CO)c1ccccc1)C1CCCOC1. The van der Waals surface area contributed by atoms with Crippen LogP contribution in [0.15, 0.2) is 30.3 Å². The zero-order valence-corrected chi connectivity index (χ0v) is 10.3. The third-order valence-corrected chi connectivity index (χ3v) is 3.23. The van der Waals surface area contributed by atoms with Gasteiger partial charge in [-0.1, -0.05) is 30.3 Å². The van der Waals surface area contributed by atoms with Crippen LogP contribution in [0.25, 0.3) is 0 Å². The topological polar surface area (TPSA) is 58.6 Å². The summed E-state index contributed by atoms with van der Waals surface area (Å²) in [6.07, 6.45) is 1.78. The van der Waals surface area contributed by atoms with E-state index in [1.807, 2.05) is 30.3 Å². The molecule has 1 aromatic rings. The van der Waals surface area contributed by atoms with Gasteiger partial charge in [0.25, 0.3) is 0 Å². The van der Waals surface area contributed by atoms with Gasteiger partial charge in [-0.25, -0.2) is 0 Å². The maximum Gasteiger partial charge on any atom is 0.226 e. The molecule has 2 N–H and O–H groups in total. The van der Waals surface area contributed by atoms with Crippen LogP contribution in [-0.4, -0.2) is 30.8 Å². The highest BCUT2D eigenvalue weighted by molar-refractivity contribution is 5.79. The molecule has 18 heavy (non-hydrogen) atoms. The number of rotatable bonds is 4. The van der Waals surface area contributed by atoms with Gasteiger partial charge in [0.15, 0.2) is 0 Å². The minimum atomic E-state index is -0.333. The molecule has 98 valence electrons. The van der Waals surface area contributed by atoms with Crippen LogP contribution in [0.2, 0.25) is 0 Å². The summed E-state index contributed by atoms with van der Waals surface area (Å²) in [6.45, 7) is 1.13. The maximum atomic E-state index is 12.0. The van der Waals surface area contributed by atoms with Crippen molar-refractivity contribution in [2.45, 2.75) is 18.9 Å². The number of aliphatic hydroxyl groups excluding tert-OH is 1. The summed E-state index contributed by atoms with van der Waals surface area (Å²) in [7, 11) is 0. The van der Waals surface area contributed by atoms with E-state index in [0.29, 0.717) is 6.61 Å². The molecule has 1 amide bonds. The average Bonchev–Trinajstić information content (AvgIpc) is 2.46. The van der Waals surface area contributed by atoms with Crippen molar-refractivity contribution in [1.29, 1.82) is 0 Å². The molecule has 4 nitrogen and oxygen atoms in total. The smallest absolute Gasteiger partial charge is 0.226 e. The van der Waals surface area contributed by atoms with E-state index >= 15 is 0 Å². The predicted octanol–water partition coefficient (Wildman–Crippen LogP) is 1.26. The molecule has 2 rings (SSSR count). The fourth-order valence-electron chi connectivity index (χ4n) is 2.16. The lowest BCUT2D eigenvalue weighted by atomic mass is 10.00. The molecular formula is C14H19NO3. The lowest BCUT2D eigenvalue weighted by Crippen LogP contribution is -2.38. The molecule has 1 saturated heterocycles. The van der Waals surface area contributed by atoms with Crippen molar-refractivity contribution in [2.75, 3.05) is 19.8 Å². The second-order valence-electron chi connectivity index (χ2n) is 4.57. The molecule has 0 aliphatic carbocycles. The molecule has 2 atom stereocenters. The molecule has 1 unspecified atom stereocenters. The van der Waals surface area contributed by atoms with E-state index in [4.69, 9.17) is 4.74 Å². The number of ether oxygens (including phenoxy) is 1. The molecule has 0 saturated carbocycles. The maximum absolute atomic E-state index is 12.0. The second kappa shape index (κ2) is 6.52. The molecule has 4 heteroatoms. The van der Waals surface area contributed by atoms with E-state index in [0.717, 1.165) is 25.0 Å². The van der Waals surface area contributed by atoms with Gasteiger partial charge < -0.3 is 15.2 Å². The van der Waals surface area contributed by atoms with Gasteiger partial charge in [-0.15, -0.1) is 0 Å². The Morgan fingerprint density at radius 2 is 2.22 bits per heavy atom. The van der Waals surface area contributed by atoms with Crippen LogP contribution in [0, 0.1) is 5.92 Å². The van der Waals surface area contributed by atoms with Gasteiger partial charge in [0, 0.05) is 6.61 Å². The lowest BCUT2D eigenvalue weighted by Gasteiger charge is -2.24. The fourth-order valence-corrected chi connectivity index (χ4v) is 2.16. The summed E-state index contributed by atoms with van der Waals surface area (Å²) in [5.41, 5.74) is 0.921. The summed E-state index contributed by atoms with van der Waals surface area (Å²) in [6, 6.07) is 9.17. The predicted molar refractivity (Wildman–Crippen MR) is 68.0 cm³/mol. The van der Waals surface area contributed by atoms with E-state index in [2.05, 4.69) is 5.32 Å². The Bertz CT molecular complexity index is 374. The fraction of sp³-hybridized carbons (Fsp3) is 0.500. The van der Waals surface area contributed by atoms with Crippen molar-refractivity contribution in [3.8, 4) is 0 Å². The van der Waals surface area contributed by atoms with E-state index < -0.39 is 0 Å². The van der Waals surface area contributed by atoms with Gasteiger partial charge in [0.1, 0.15) is 0 Å². The lowest BCUT2D eigenvalue weighted by molar-refractivity contribution is -0.130. The number of hydrogen-bond acceptors (Lipinski definition) is 3. The minimum Gasteiger partial charge on any atom is -0.394 e. The van der Waals surface area contributed by atoms with E-state index in [-0.39, 0.29) is 24.5 Å². The standard InChI is InChI=1S/C14H19NO3/c16-9-13(11-5-2-1-3-6-11)15-14(17)12-7-4-8-18-10-12/h1-3,5-6,12-13,16H,4,7-10H2,(H,15,17)/t12?,13-/m1/s1. The van der Waals surface area contributed by atoms with Gasteiger partial charge in [-0.3, -0.25) is 4.79 Å². The van der Waals surface area contributed by atoms with Crippen molar-refractivity contribution < 1.29 is 14.6 Å². The van der Waals surface area contributed by atoms with Crippen molar-refractivity contribution in [1.82, 2.24) is 5.32 Å². The van der Waals surface area contributed by atoms with Crippen LogP contribution in [0.3, 0.4) is 0 Å². The van der Waals surface area contributed by atoms with E-state index in [9.17, 15) is 9.90 Å². The minimum absolute atomic E-state index is 0.0300. The summed E-state index contributed by atoms with van der Waals surface area (Å²) in [5, 5.41) is 12.3. The summed E-state index contributed by atoms with van der Waals surface area (Å²) >= 11 is 0. The highest BCUT2D eigenvalue weighted by Crippen LogP contribution is 2.17.